The zero-order chi connectivity index (χ0) is 20.4. The Morgan fingerprint density at radius 3 is 2.59 bits per heavy atom. The highest BCUT2D eigenvalue weighted by molar-refractivity contribution is 6.11. The highest BCUT2D eigenvalue weighted by Crippen LogP contribution is 2.30. The first-order chi connectivity index (χ1) is 13.9. The monoisotopic (exact) mass is 390 g/mol. The molecule has 0 atom stereocenters. The van der Waals surface area contributed by atoms with Crippen molar-refractivity contribution >= 4 is 22.8 Å². The Morgan fingerprint density at radius 2 is 1.83 bits per heavy atom. The molecular formula is C22H16F2N4O. The van der Waals surface area contributed by atoms with E-state index in [0.717, 1.165) is 6.92 Å². The number of fused-ring (bicyclic) bond motifs is 1. The number of aromatic nitrogens is 3. The van der Waals surface area contributed by atoms with Crippen LogP contribution in [0.15, 0.2) is 73.1 Å². The lowest BCUT2D eigenvalue weighted by molar-refractivity contribution is 0.0175. The number of rotatable bonds is 4. The fourth-order valence-corrected chi connectivity index (χ4v) is 2.93. The number of amides is 1. The number of benzene rings is 2. The van der Waals surface area contributed by atoms with Crippen molar-refractivity contribution in [2.24, 2.45) is 0 Å². The number of hydrogen-bond acceptors (Lipinski definition) is 4. The average molecular weight is 390 g/mol. The van der Waals surface area contributed by atoms with Crippen LogP contribution in [0.5, 0.6) is 0 Å². The summed E-state index contributed by atoms with van der Waals surface area (Å²) in [5.74, 6) is -2.93. The maximum atomic E-state index is 13.7. The molecule has 2 aromatic heterocycles. The predicted octanol–water partition coefficient (Wildman–Crippen LogP) is 5.06. The number of anilines is 1. The van der Waals surface area contributed by atoms with Crippen LogP contribution in [0, 0.1) is 0 Å². The van der Waals surface area contributed by atoms with Gasteiger partial charge in [-0.2, -0.15) is 0 Å². The normalized spacial score (nSPS) is 11.4. The third-order valence-electron chi connectivity index (χ3n) is 4.39. The molecule has 2 heterocycles. The number of carbonyl (C=O) groups is 1. The second kappa shape index (κ2) is 7.35. The minimum Gasteiger partial charge on any atom is -0.306 e. The summed E-state index contributed by atoms with van der Waals surface area (Å²) in [6.45, 7) is 0.845. The molecule has 0 radical (unpaired) electrons. The minimum absolute atomic E-state index is 0.113. The van der Waals surface area contributed by atoms with Crippen LogP contribution in [0.2, 0.25) is 0 Å². The van der Waals surface area contributed by atoms with Gasteiger partial charge >= 0.3 is 0 Å². The number of hydrogen-bond donors (Lipinski definition) is 1. The highest BCUT2D eigenvalue weighted by Gasteiger charge is 2.24. The Kier molecular flexibility index (Phi) is 4.72. The molecule has 5 nitrogen and oxygen atoms in total. The second-order valence-corrected chi connectivity index (χ2v) is 6.57. The van der Waals surface area contributed by atoms with Crippen LogP contribution in [0.3, 0.4) is 0 Å². The van der Waals surface area contributed by atoms with E-state index in [1.807, 2.05) is 0 Å². The van der Waals surface area contributed by atoms with Crippen molar-refractivity contribution in [1.82, 2.24) is 15.0 Å². The molecule has 29 heavy (non-hydrogen) atoms. The first kappa shape index (κ1) is 18.6. The van der Waals surface area contributed by atoms with E-state index in [9.17, 15) is 13.6 Å². The Hall–Kier alpha value is -3.74. The molecule has 0 aliphatic heterocycles. The highest BCUT2D eigenvalue weighted by atomic mass is 19.3. The fourth-order valence-electron chi connectivity index (χ4n) is 2.93. The summed E-state index contributed by atoms with van der Waals surface area (Å²) in [6.07, 6.45) is 3.09. The third kappa shape index (κ3) is 3.94. The van der Waals surface area contributed by atoms with Gasteiger partial charge in [0, 0.05) is 24.2 Å². The number of para-hydroxylation sites is 1. The summed E-state index contributed by atoms with van der Waals surface area (Å²) < 4.78 is 27.4. The largest absolute Gasteiger partial charge is 0.306 e. The molecule has 1 N–H and O–H groups in total. The Balaban J connectivity index is 1.76. The fraction of sp³-hybridized carbons (Fsp3) is 0.0909. The molecule has 0 aliphatic rings. The van der Waals surface area contributed by atoms with Crippen LogP contribution in [0.25, 0.3) is 22.3 Å². The maximum absolute atomic E-state index is 13.7. The number of nitrogens with zero attached hydrogens (tertiary/aromatic N) is 3. The van der Waals surface area contributed by atoms with Gasteiger partial charge in [0.2, 0.25) is 0 Å². The van der Waals surface area contributed by atoms with Crippen LogP contribution in [-0.2, 0) is 5.92 Å². The first-order valence-corrected chi connectivity index (χ1v) is 8.89. The van der Waals surface area contributed by atoms with Crippen molar-refractivity contribution in [2.45, 2.75) is 12.8 Å². The summed E-state index contributed by atoms with van der Waals surface area (Å²) >= 11 is 0. The average Bonchev–Trinajstić information content (AvgIpc) is 2.73. The van der Waals surface area contributed by atoms with E-state index in [0.29, 0.717) is 33.7 Å². The first-order valence-electron chi connectivity index (χ1n) is 8.89. The Bertz CT molecular complexity index is 1190. The van der Waals surface area contributed by atoms with Crippen molar-refractivity contribution in [3.8, 4) is 11.3 Å². The lowest BCUT2D eigenvalue weighted by Crippen LogP contribution is -2.14. The summed E-state index contributed by atoms with van der Waals surface area (Å²) in [7, 11) is 0. The second-order valence-electron chi connectivity index (χ2n) is 6.57. The number of pyridine rings is 1. The number of nitrogens with one attached hydrogen (secondary N) is 1. The van der Waals surface area contributed by atoms with Crippen LogP contribution >= 0.6 is 0 Å². The molecule has 4 aromatic rings. The van der Waals surface area contributed by atoms with Gasteiger partial charge in [0.05, 0.1) is 23.0 Å². The van der Waals surface area contributed by atoms with Gasteiger partial charge in [0.1, 0.15) is 11.3 Å². The maximum Gasteiger partial charge on any atom is 0.270 e. The van der Waals surface area contributed by atoms with Crippen LogP contribution < -0.4 is 5.32 Å². The van der Waals surface area contributed by atoms with E-state index < -0.39 is 5.92 Å². The number of halogens is 2. The van der Waals surface area contributed by atoms with Gasteiger partial charge in [-0.1, -0.05) is 30.3 Å². The van der Waals surface area contributed by atoms with Crippen molar-refractivity contribution in [2.75, 3.05) is 5.32 Å². The van der Waals surface area contributed by atoms with Crippen LogP contribution in [0.4, 0.5) is 14.6 Å². The Labute approximate surface area is 165 Å². The molecule has 0 fully saturated rings. The van der Waals surface area contributed by atoms with E-state index in [1.54, 1.807) is 54.7 Å². The summed E-state index contributed by atoms with van der Waals surface area (Å²) in [5, 5.41) is 2.72. The van der Waals surface area contributed by atoms with Crippen molar-refractivity contribution in [3.05, 3.63) is 84.2 Å². The van der Waals surface area contributed by atoms with E-state index in [1.165, 1.54) is 18.3 Å². The van der Waals surface area contributed by atoms with Gasteiger partial charge in [-0.05, 0) is 30.3 Å². The quantitative estimate of drug-likeness (QED) is 0.529. The molecule has 2 aromatic carbocycles. The van der Waals surface area contributed by atoms with E-state index in [2.05, 4.69) is 20.3 Å². The number of carbonyl (C=O) groups excluding carboxylic acids is 1. The summed E-state index contributed by atoms with van der Waals surface area (Å²) in [6, 6.07) is 16.2. The van der Waals surface area contributed by atoms with E-state index in [-0.39, 0.29) is 11.5 Å². The summed E-state index contributed by atoms with van der Waals surface area (Å²) in [4.78, 5) is 25.7. The number of alkyl halides is 2. The van der Waals surface area contributed by atoms with Gasteiger partial charge < -0.3 is 5.32 Å². The van der Waals surface area contributed by atoms with Gasteiger partial charge in [0.15, 0.2) is 0 Å². The van der Waals surface area contributed by atoms with Crippen molar-refractivity contribution in [3.63, 3.8) is 0 Å². The molecule has 144 valence electrons. The molecule has 0 saturated carbocycles. The van der Waals surface area contributed by atoms with Gasteiger partial charge in [0.25, 0.3) is 11.8 Å². The van der Waals surface area contributed by atoms with E-state index in [4.69, 9.17) is 0 Å². The molecule has 0 spiro atoms. The molecule has 0 saturated heterocycles. The van der Waals surface area contributed by atoms with Crippen LogP contribution in [-0.4, -0.2) is 20.9 Å². The molecule has 0 aliphatic carbocycles. The molecule has 0 unspecified atom stereocenters. The zero-order valence-electron chi connectivity index (χ0n) is 15.4. The predicted molar refractivity (Wildman–Crippen MR) is 107 cm³/mol. The molecule has 0 bridgehead atoms. The molecule has 7 heteroatoms. The standard InChI is InChI=1S/C22H16F2N4O/c1-22(23,24)15-7-4-6-14(12-15)18-13-26-17-9-5-8-16(20(17)27-18)21(29)28-19-10-2-3-11-25-19/h2-13H,1H3,(H,25,28,29). The zero-order valence-corrected chi connectivity index (χ0v) is 15.4. The third-order valence-corrected chi connectivity index (χ3v) is 4.39. The topological polar surface area (TPSA) is 67.8 Å². The Morgan fingerprint density at radius 1 is 1.00 bits per heavy atom. The smallest absolute Gasteiger partial charge is 0.270 e. The van der Waals surface area contributed by atoms with Crippen molar-refractivity contribution < 1.29 is 13.6 Å². The molecule has 4 rings (SSSR count). The lowest BCUT2D eigenvalue weighted by Gasteiger charge is -2.12. The SMILES string of the molecule is CC(F)(F)c1cccc(-c2cnc3cccc(C(=O)Nc4ccccn4)c3n2)c1. The minimum atomic E-state index is -2.96. The summed E-state index contributed by atoms with van der Waals surface area (Å²) in [5.41, 5.74) is 2.02. The van der Waals surface area contributed by atoms with Gasteiger partial charge in [-0.3, -0.25) is 9.78 Å². The van der Waals surface area contributed by atoms with Crippen molar-refractivity contribution in [1.29, 1.82) is 0 Å². The van der Waals surface area contributed by atoms with Gasteiger partial charge in [-0.15, -0.1) is 0 Å². The van der Waals surface area contributed by atoms with E-state index >= 15 is 0 Å². The molecular weight excluding hydrogens is 374 g/mol. The van der Waals surface area contributed by atoms with Crippen LogP contribution in [0.1, 0.15) is 22.8 Å². The van der Waals surface area contributed by atoms with Gasteiger partial charge in [-0.25, -0.2) is 18.7 Å². The lowest BCUT2D eigenvalue weighted by atomic mass is 10.0. The molecule has 1 amide bonds.